The molecule has 1 aromatic rings. The number of aliphatic carboxylic acids is 1. The van der Waals surface area contributed by atoms with Crippen LogP contribution in [0.4, 0.5) is 4.79 Å². The van der Waals surface area contributed by atoms with Crippen LogP contribution in [0.25, 0.3) is 0 Å². The summed E-state index contributed by atoms with van der Waals surface area (Å²) in [5, 5.41) is 23.6. The molecule has 1 fully saturated rings. The zero-order valence-electron chi connectivity index (χ0n) is 18.1. The highest BCUT2D eigenvalue weighted by molar-refractivity contribution is 5.94. The molecule has 4 amide bonds. The number of benzene rings is 1. The fourth-order valence-electron chi connectivity index (χ4n) is 3.38. The molecule has 1 aliphatic rings. The van der Waals surface area contributed by atoms with E-state index in [0.717, 1.165) is 5.56 Å². The summed E-state index contributed by atoms with van der Waals surface area (Å²) in [7, 11) is 0. The molecule has 0 aromatic heterocycles. The molecule has 1 aliphatic heterocycles. The maximum absolute atomic E-state index is 12.8. The molecule has 6 N–H and O–H groups in total. The minimum absolute atomic E-state index is 0.0274. The lowest BCUT2D eigenvalue weighted by atomic mass is 10.1. The number of nitrogens with two attached hydrogens (primary N) is 1. The largest absolute Gasteiger partial charge is 0.480 e. The second-order valence-corrected chi connectivity index (χ2v) is 7.69. The molecular weight excluding hydrogens is 436 g/mol. The lowest BCUT2D eigenvalue weighted by Crippen LogP contribution is -2.59. The van der Waals surface area contributed by atoms with E-state index in [4.69, 9.17) is 15.6 Å². The summed E-state index contributed by atoms with van der Waals surface area (Å²) >= 11 is 0. The van der Waals surface area contributed by atoms with Gasteiger partial charge in [0.1, 0.15) is 24.7 Å². The predicted molar refractivity (Wildman–Crippen MR) is 113 cm³/mol. The fourth-order valence-corrected chi connectivity index (χ4v) is 3.38. The highest BCUT2D eigenvalue weighted by Crippen LogP contribution is 2.19. The van der Waals surface area contributed by atoms with Crippen LogP contribution >= 0.6 is 0 Å². The zero-order chi connectivity index (χ0) is 24.5. The van der Waals surface area contributed by atoms with Gasteiger partial charge in [-0.05, 0) is 25.3 Å². The van der Waals surface area contributed by atoms with E-state index in [0.29, 0.717) is 12.8 Å². The van der Waals surface area contributed by atoms with Crippen LogP contribution in [0.3, 0.4) is 0 Å². The molecule has 0 spiro atoms. The number of primary amides is 1. The van der Waals surface area contributed by atoms with Crippen molar-refractivity contribution in [3.05, 3.63) is 35.9 Å². The number of hydrogen-bond donors (Lipinski definition) is 5. The molecule has 33 heavy (non-hydrogen) atoms. The van der Waals surface area contributed by atoms with Gasteiger partial charge in [-0.15, -0.1) is 0 Å². The highest BCUT2D eigenvalue weighted by Gasteiger charge is 2.38. The monoisotopic (exact) mass is 464 g/mol. The number of amides is 4. The Bertz CT molecular complexity index is 876. The van der Waals surface area contributed by atoms with E-state index in [-0.39, 0.29) is 13.2 Å². The van der Waals surface area contributed by atoms with E-state index in [2.05, 4.69) is 10.6 Å². The van der Waals surface area contributed by atoms with Crippen LogP contribution in [0.2, 0.25) is 0 Å². The van der Waals surface area contributed by atoms with Crippen LogP contribution < -0.4 is 16.4 Å². The van der Waals surface area contributed by atoms with Gasteiger partial charge in [0.05, 0.1) is 12.5 Å². The lowest BCUT2D eigenvalue weighted by Gasteiger charge is -2.27. The van der Waals surface area contributed by atoms with Crippen LogP contribution in [0.5, 0.6) is 0 Å². The summed E-state index contributed by atoms with van der Waals surface area (Å²) < 4.78 is 5.28. The van der Waals surface area contributed by atoms with Crippen molar-refractivity contribution in [1.82, 2.24) is 15.5 Å². The van der Waals surface area contributed by atoms with Crippen molar-refractivity contribution in [2.24, 2.45) is 5.73 Å². The van der Waals surface area contributed by atoms with E-state index in [1.54, 1.807) is 24.3 Å². The van der Waals surface area contributed by atoms with Gasteiger partial charge in [-0.25, -0.2) is 9.59 Å². The van der Waals surface area contributed by atoms with Crippen LogP contribution in [0, 0.1) is 0 Å². The standard InChI is InChI=1S/C21H28N4O8/c1-12(26)17(19(29)23-14(20(30)31)10-16(22)27)24-18(28)15-8-5-9-25(15)21(32)33-11-13-6-3-2-4-7-13/h2-4,6-7,12,14-15,17,26H,5,8-11H2,1H3,(H2,22,27)(H,23,29)(H,24,28)(H,30,31)/t12-,14+,15+,17+/m1/s1. The predicted octanol–water partition coefficient (Wildman–Crippen LogP) is -0.902. The molecule has 1 heterocycles. The lowest BCUT2D eigenvalue weighted by molar-refractivity contribution is -0.144. The van der Waals surface area contributed by atoms with Crippen molar-refractivity contribution in [2.75, 3.05) is 6.54 Å². The first kappa shape index (κ1) is 25.6. The molecule has 12 nitrogen and oxygen atoms in total. The summed E-state index contributed by atoms with van der Waals surface area (Å²) in [6.07, 6.45) is -1.90. The van der Waals surface area contributed by atoms with E-state index >= 15 is 0 Å². The molecule has 0 bridgehead atoms. The summed E-state index contributed by atoms with van der Waals surface area (Å²) in [6.45, 7) is 1.53. The Balaban J connectivity index is 2.01. The Morgan fingerprint density at radius 3 is 2.42 bits per heavy atom. The van der Waals surface area contributed by atoms with E-state index in [1.165, 1.54) is 11.8 Å². The molecule has 0 aliphatic carbocycles. The van der Waals surface area contributed by atoms with Gasteiger partial charge in [0.25, 0.3) is 0 Å². The number of hydrogen-bond acceptors (Lipinski definition) is 7. The average molecular weight is 464 g/mol. The maximum atomic E-state index is 12.8. The normalized spacial score (nSPS) is 18.0. The summed E-state index contributed by atoms with van der Waals surface area (Å²) in [5.41, 5.74) is 5.77. The molecule has 180 valence electrons. The summed E-state index contributed by atoms with van der Waals surface area (Å²) in [5.74, 6) is -4.16. The quantitative estimate of drug-likeness (QED) is 0.294. The van der Waals surface area contributed by atoms with Crippen molar-refractivity contribution in [2.45, 2.75) is 57.0 Å². The first-order valence-electron chi connectivity index (χ1n) is 10.4. The Kier molecular flexibility index (Phi) is 9.16. The molecule has 1 aromatic carbocycles. The second-order valence-electron chi connectivity index (χ2n) is 7.69. The number of nitrogens with one attached hydrogen (secondary N) is 2. The minimum Gasteiger partial charge on any atom is -0.480 e. The number of carbonyl (C=O) groups excluding carboxylic acids is 4. The van der Waals surface area contributed by atoms with Crippen molar-refractivity contribution in [3.8, 4) is 0 Å². The molecule has 0 radical (unpaired) electrons. The van der Waals surface area contributed by atoms with Gasteiger partial charge in [-0.1, -0.05) is 30.3 Å². The second kappa shape index (κ2) is 11.8. The number of nitrogens with zero attached hydrogens (tertiary/aromatic N) is 1. The number of rotatable bonds is 10. The van der Waals surface area contributed by atoms with Gasteiger partial charge in [0.2, 0.25) is 17.7 Å². The Labute approximate surface area is 190 Å². The first-order chi connectivity index (χ1) is 15.6. The van der Waals surface area contributed by atoms with Crippen molar-refractivity contribution < 1.29 is 38.9 Å². The Morgan fingerprint density at radius 2 is 1.85 bits per heavy atom. The van der Waals surface area contributed by atoms with E-state index in [1.807, 2.05) is 6.07 Å². The van der Waals surface area contributed by atoms with Crippen LogP contribution in [-0.4, -0.2) is 75.7 Å². The van der Waals surface area contributed by atoms with E-state index in [9.17, 15) is 29.1 Å². The smallest absolute Gasteiger partial charge is 0.410 e. The number of aliphatic hydroxyl groups excluding tert-OH is 1. The van der Waals surface area contributed by atoms with E-state index < -0.39 is 60.4 Å². The third-order valence-electron chi connectivity index (χ3n) is 5.08. The van der Waals surface area contributed by atoms with Gasteiger partial charge < -0.3 is 31.3 Å². The Morgan fingerprint density at radius 1 is 1.18 bits per heavy atom. The molecule has 2 rings (SSSR count). The third-order valence-corrected chi connectivity index (χ3v) is 5.08. The summed E-state index contributed by atoms with van der Waals surface area (Å²) in [6, 6.07) is 4.94. The number of likely N-dealkylation sites (tertiary alicyclic amines) is 1. The minimum atomic E-state index is -1.62. The highest BCUT2D eigenvalue weighted by atomic mass is 16.6. The first-order valence-corrected chi connectivity index (χ1v) is 10.4. The fraction of sp³-hybridized carbons (Fsp3) is 0.476. The van der Waals surface area contributed by atoms with Crippen LogP contribution in [-0.2, 0) is 30.5 Å². The van der Waals surface area contributed by atoms with Gasteiger partial charge in [-0.2, -0.15) is 0 Å². The number of carbonyl (C=O) groups is 5. The van der Waals surface area contributed by atoms with Gasteiger partial charge >= 0.3 is 12.1 Å². The topological polar surface area (TPSA) is 188 Å². The number of ether oxygens (including phenoxy) is 1. The van der Waals surface area contributed by atoms with Crippen molar-refractivity contribution in [1.29, 1.82) is 0 Å². The Hall–Kier alpha value is -3.67. The number of aliphatic hydroxyl groups is 1. The SMILES string of the molecule is C[C@@H](O)[C@H](NC(=O)[C@@H]1CCCN1C(=O)OCc1ccccc1)C(=O)N[C@@H](CC(N)=O)C(=O)O. The zero-order valence-corrected chi connectivity index (χ0v) is 18.1. The summed E-state index contributed by atoms with van der Waals surface area (Å²) in [4.78, 5) is 61.3. The van der Waals surface area contributed by atoms with Crippen LogP contribution in [0.1, 0.15) is 31.7 Å². The molecule has 4 atom stereocenters. The number of carboxylic acids is 1. The van der Waals surface area contributed by atoms with Gasteiger partial charge in [0, 0.05) is 6.54 Å². The molecule has 12 heteroatoms. The number of carboxylic acid groups (broad SMARTS) is 1. The molecule has 0 unspecified atom stereocenters. The van der Waals surface area contributed by atoms with Gasteiger partial charge in [0.15, 0.2) is 0 Å². The molecule has 1 saturated heterocycles. The molecular formula is C21H28N4O8. The average Bonchev–Trinajstić information content (AvgIpc) is 3.25. The van der Waals surface area contributed by atoms with Gasteiger partial charge in [-0.3, -0.25) is 19.3 Å². The van der Waals surface area contributed by atoms with Crippen molar-refractivity contribution in [3.63, 3.8) is 0 Å². The molecule has 0 saturated carbocycles. The van der Waals surface area contributed by atoms with Crippen LogP contribution in [0.15, 0.2) is 30.3 Å². The van der Waals surface area contributed by atoms with Crippen molar-refractivity contribution >= 4 is 29.8 Å². The third kappa shape index (κ3) is 7.45. The maximum Gasteiger partial charge on any atom is 0.410 e.